The molecule has 7 N–H and O–H groups in total. The van der Waals surface area contributed by atoms with E-state index in [2.05, 4.69) is 25.8 Å². The summed E-state index contributed by atoms with van der Waals surface area (Å²) in [6.45, 7) is 1.89. The van der Waals surface area contributed by atoms with Crippen molar-refractivity contribution in [2.24, 2.45) is 5.18 Å². The monoisotopic (exact) mass is 253 g/mol. The Labute approximate surface area is 103 Å². The summed E-state index contributed by atoms with van der Waals surface area (Å²) in [7, 11) is 0. The smallest absolute Gasteiger partial charge is 0.224 e. The van der Waals surface area contributed by atoms with Gasteiger partial charge in [-0.15, -0.1) is 0 Å². The molecule has 0 fully saturated rings. The highest BCUT2D eigenvalue weighted by molar-refractivity contribution is 5.78. The van der Waals surface area contributed by atoms with Gasteiger partial charge in [0.2, 0.25) is 5.95 Å². The van der Waals surface area contributed by atoms with Gasteiger partial charge in [-0.3, -0.25) is 0 Å². The van der Waals surface area contributed by atoms with Gasteiger partial charge in [0.15, 0.2) is 11.6 Å². The number of anilines is 4. The number of nitrogen functional groups attached to an aromatic ring is 2. The third-order valence-electron chi connectivity index (χ3n) is 2.80. The number of nitrogens with zero attached hydrogens (tertiary/aromatic N) is 3. The molecule has 3 atom stereocenters. The molecule has 0 saturated carbocycles. The van der Waals surface area contributed by atoms with E-state index >= 15 is 0 Å². The second-order valence-electron chi connectivity index (χ2n) is 4.16. The first-order chi connectivity index (χ1) is 8.52. The van der Waals surface area contributed by atoms with Crippen molar-refractivity contribution < 1.29 is 5.11 Å². The van der Waals surface area contributed by atoms with Gasteiger partial charge >= 0.3 is 0 Å². The Morgan fingerprint density at radius 2 is 2.22 bits per heavy atom. The van der Waals surface area contributed by atoms with E-state index in [9.17, 15) is 10.0 Å². The summed E-state index contributed by atoms with van der Waals surface area (Å²) < 4.78 is 0. The number of nitroso groups, excluding NO2 is 1. The maximum absolute atomic E-state index is 10.7. The predicted octanol–water partition coefficient (Wildman–Crippen LogP) is -0.637. The summed E-state index contributed by atoms with van der Waals surface area (Å²) in [5.41, 5.74) is 11.7. The number of hydrogen-bond acceptors (Lipinski definition) is 9. The van der Waals surface area contributed by atoms with E-state index in [0.717, 1.165) is 0 Å². The minimum Gasteiger partial charge on any atom is -0.391 e. The average Bonchev–Trinajstić information content (AvgIpc) is 2.30. The standard InChI is InChI=1S/C9H15N7O2/c1-3(17)5(16-18)4-2-12-8-6(13-4)7(10)14-9(11)15-8/h3-5,13,17H,2H2,1H3,(H5,10,11,12,14,15). The largest absolute Gasteiger partial charge is 0.391 e. The van der Waals surface area contributed by atoms with E-state index in [1.165, 1.54) is 6.92 Å². The van der Waals surface area contributed by atoms with Gasteiger partial charge in [0.05, 0.1) is 12.1 Å². The summed E-state index contributed by atoms with van der Waals surface area (Å²) in [6.07, 6.45) is -0.862. The van der Waals surface area contributed by atoms with Crippen molar-refractivity contribution in [2.45, 2.75) is 25.1 Å². The van der Waals surface area contributed by atoms with Crippen LogP contribution in [-0.4, -0.2) is 39.8 Å². The number of nitrogens with two attached hydrogens (primary N) is 2. The molecule has 2 heterocycles. The van der Waals surface area contributed by atoms with E-state index in [-0.39, 0.29) is 17.8 Å². The maximum atomic E-state index is 10.7. The molecule has 1 aliphatic heterocycles. The number of aliphatic hydroxyl groups excluding tert-OH is 1. The van der Waals surface area contributed by atoms with E-state index in [1.54, 1.807) is 0 Å². The van der Waals surface area contributed by atoms with Crippen molar-refractivity contribution in [3.8, 4) is 0 Å². The Balaban J connectivity index is 2.27. The molecule has 1 aromatic heterocycles. The first kappa shape index (κ1) is 12.3. The molecule has 18 heavy (non-hydrogen) atoms. The summed E-state index contributed by atoms with van der Waals surface area (Å²) in [5.74, 6) is 0.732. The highest BCUT2D eigenvalue weighted by atomic mass is 16.3. The molecule has 1 aliphatic rings. The van der Waals surface area contributed by atoms with Crippen molar-refractivity contribution in [1.29, 1.82) is 0 Å². The second kappa shape index (κ2) is 4.61. The van der Waals surface area contributed by atoms with E-state index < -0.39 is 12.1 Å². The third kappa shape index (κ3) is 2.12. The lowest BCUT2D eigenvalue weighted by Crippen LogP contribution is -2.46. The van der Waals surface area contributed by atoms with Gasteiger partial charge in [-0.1, -0.05) is 5.18 Å². The Kier molecular flexibility index (Phi) is 3.15. The van der Waals surface area contributed by atoms with Crippen LogP contribution in [0, 0.1) is 4.91 Å². The molecule has 0 bridgehead atoms. The second-order valence-corrected chi connectivity index (χ2v) is 4.16. The van der Waals surface area contributed by atoms with Gasteiger partial charge in [0.1, 0.15) is 11.7 Å². The van der Waals surface area contributed by atoms with Crippen molar-refractivity contribution in [3.05, 3.63) is 4.91 Å². The molecule has 98 valence electrons. The first-order valence-corrected chi connectivity index (χ1v) is 5.47. The van der Waals surface area contributed by atoms with Crippen LogP contribution in [0.4, 0.5) is 23.3 Å². The molecule has 0 saturated heterocycles. The number of aromatic nitrogens is 2. The van der Waals surface area contributed by atoms with Gasteiger partial charge < -0.3 is 27.2 Å². The van der Waals surface area contributed by atoms with Gasteiger partial charge in [-0.25, -0.2) is 0 Å². The number of fused-ring (bicyclic) bond motifs is 1. The van der Waals surface area contributed by atoms with Crippen molar-refractivity contribution in [2.75, 3.05) is 28.6 Å². The van der Waals surface area contributed by atoms with E-state index in [1.807, 2.05) is 0 Å². The van der Waals surface area contributed by atoms with E-state index in [0.29, 0.717) is 18.1 Å². The summed E-state index contributed by atoms with van der Waals surface area (Å²) in [6, 6.07) is -1.17. The molecule has 0 spiro atoms. The topological polar surface area (TPSA) is 152 Å². The fourth-order valence-corrected chi connectivity index (χ4v) is 1.91. The van der Waals surface area contributed by atoms with Crippen molar-refractivity contribution in [1.82, 2.24) is 9.97 Å². The quantitative estimate of drug-likeness (QED) is 0.446. The lowest BCUT2D eigenvalue weighted by molar-refractivity contribution is 0.155. The van der Waals surface area contributed by atoms with Gasteiger partial charge in [-0.2, -0.15) is 14.9 Å². The molecule has 0 aliphatic carbocycles. The molecule has 2 rings (SSSR count). The molecule has 0 radical (unpaired) electrons. The molecule has 3 unspecified atom stereocenters. The summed E-state index contributed by atoms with van der Waals surface area (Å²) in [5, 5.41) is 18.4. The van der Waals surface area contributed by atoms with Crippen molar-refractivity contribution in [3.63, 3.8) is 0 Å². The van der Waals surface area contributed by atoms with Crippen LogP contribution in [0.2, 0.25) is 0 Å². The number of aliphatic hydroxyl groups is 1. The van der Waals surface area contributed by atoms with Gasteiger partial charge in [-0.05, 0) is 6.92 Å². The van der Waals surface area contributed by atoms with Crippen LogP contribution in [0.3, 0.4) is 0 Å². The summed E-state index contributed by atoms with van der Waals surface area (Å²) >= 11 is 0. The fraction of sp³-hybridized carbons (Fsp3) is 0.556. The molecule has 9 heteroatoms. The SMILES string of the molecule is CC(O)C(N=O)C1CNc2nc(N)nc(N)c2N1. The summed E-state index contributed by atoms with van der Waals surface area (Å²) in [4.78, 5) is 18.5. The highest BCUT2D eigenvalue weighted by Gasteiger charge is 2.31. The zero-order valence-corrected chi connectivity index (χ0v) is 9.79. The van der Waals surface area contributed by atoms with Gasteiger partial charge in [0.25, 0.3) is 0 Å². The Bertz CT molecular complexity index is 464. The zero-order chi connectivity index (χ0) is 13.3. The minimum atomic E-state index is -0.862. The van der Waals surface area contributed by atoms with Crippen LogP contribution in [-0.2, 0) is 0 Å². The number of rotatable bonds is 3. The molecule has 0 aromatic carbocycles. The minimum absolute atomic E-state index is 0.0691. The van der Waals surface area contributed by atoms with Crippen LogP contribution >= 0.6 is 0 Å². The maximum Gasteiger partial charge on any atom is 0.224 e. The number of hydrogen-bond donors (Lipinski definition) is 5. The lowest BCUT2D eigenvalue weighted by atomic mass is 10.0. The predicted molar refractivity (Wildman–Crippen MR) is 68.0 cm³/mol. The van der Waals surface area contributed by atoms with Gasteiger partial charge in [0, 0.05) is 6.54 Å². The number of nitrogens with one attached hydrogen (secondary N) is 2. The van der Waals surface area contributed by atoms with E-state index in [4.69, 9.17) is 11.5 Å². The Morgan fingerprint density at radius 3 is 2.83 bits per heavy atom. The van der Waals surface area contributed by atoms with Crippen LogP contribution in [0.25, 0.3) is 0 Å². The molecule has 9 nitrogen and oxygen atoms in total. The van der Waals surface area contributed by atoms with Crippen LogP contribution in [0.15, 0.2) is 5.18 Å². The first-order valence-electron chi connectivity index (χ1n) is 5.47. The van der Waals surface area contributed by atoms with Crippen LogP contribution in [0.5, 0.6) is 0 Å². The average molecular weight is 253 g/mol. The molecule has 0 amide bonds. The normalized spacial score (nSPS) is 21.1. The Hall–Kier alpha value is -2.16. The third-order valence-corrected chi connectivity index (χ3v) is 2.80. The Morgan fingerprint density at radius 1 is 1.50 bits per heavy atom. The van der Waals surface area contributed by atoms with Crippen molar-refractivity contribution >= 4 is 23.3 Å². The van der Waals surface area contributed by atoms with Crippen LogP contribution in [0.1, 0.15) is 6.92 Å². The molecule has 1 aromatic rings. The highest BCUT2D eigenvalue weighted by Crippen LogP contribution is 2.30. The lowest BCUT2D eigenvalue weighted by Gasteiger charge is -2.31. The molecular formula is C9H15N7O2. The molecular weight excluding hydrogens is 238 g/mol. The zero-order valence-electron chi connectivity index (χ0n) is 9.79. The van der Waals surface area contributed by atoms with Crippen LogP contribution < -0.4 is 22.1 Å². The fourth-order valence-electron chi connectivity index (χ4n) is 1.91.